The van der Waals surface area contributed by atoms with Gasteiger partial charge in [0.05, 0.1) is 14.2 Å². The number of ether oxygens (including phenoxy) is 2. The van der Waals surface area contributed by atoms with Gasteiger partial charge in [-0.05, 0) is 37.2 Å². The first-order valence-electron chi connectivity index (χ1n) is 7.89. The molecule has 1 fully saturated rings. The Morgan fingerprint density at radius 1 is 1.21 bits per heavy atom. The Morgan fingerprint density at radius 2 is 1.96 bits per heavy atom. The van der Waals surface area contributed by atoms with Crippen molar-refractivity contribution in [2.24, 2.45) is 0 Å². The molecule has 1 aliphatic carbocycles. The fourth-order valence-electron chi connectivity index (χ4n) is 2.66. The summed E-state index contributed by atoms with van der Waals surface area (Å²) in [6.07, 6.45) is 7.74. The molecule has 1 aliphatic rings. The normalized spacial score (nSPS) is 14.4. The quantitative estimate of drug-likeness (QED) is 0.430. The average molecular weight is 349 g/mol. The third-order valence-electron chi connectivity index (χ3n) is 3.84. The van der Waals surface area contributed by atoms with Crippen LogP contribution in [0.2, 0.25) is 0 Å². The van der Waals surface area contributed by atoms with Gasteiger partial charge in [0.1, 0.15) is 0 Å². The van der Waals surface area contributed by atoms with E-state index < -0.39 is 0 Å². The minimum Gasteiger partial charge on any atom is -0.493 e. The molecule has 1 amide bonds. The summed E-state index contributed by atoms with van der Waals surface area (Å²) in [4.78, 5) is 11.9. The molecule has 2 rings (SSSR count). The van der Waals surface area contributed by atoms with Crippen molar-refractivity contribution in [3.63, 3.8) is 0 Å². The first-order chi connectivity index (χ1) is 11.6. The summed E-state index contributed by atoms with van der Waals surface area (Å²) < 4.78 is 10.5. The van der Waals surface area contributed by atoms with Gasteiger partial charge in [0.15, 0.2) is 16.6 Å². The minimum atomic E-state index is -0.310. The van der Waals surface area contributed by atoms with Gasteiger partial charge >= 0.3 is 0 Å². The first kappa shape index (κ1) is 18.1. The number of carbonyl (C=O) groups excluding carboxylic acids is 1. The van der Waals surface area contributed by atoms with Crippen LogP contribution in [0.3, 0.4) is 0 Å². The maximum atomic E-state index is 11.9. The van der Waals surface area contributed by atoms with E-state index in [2.05, 4.69) is 16.2 Å². The first-order valence-corrected chi connectivity index (χ1v) is 8.30. The highest BCUT2D eigenvalue weighted by atomic mass is 32.1. The zero-order valence-corrected chi connectivity index (χ0v) is 14.7. The average Bonchev–Trinajstić information content (AvgIpc) is 3.10. The third kappa shape index (κ3) is 5.13. The van der Waals surface area contributed by atoms with Crippen molar-refractivity contribution in [1.82, 2.24) is 16.2 Å². The van der Waals surface area contributed by atoms with Gasteiger partial charge in [-0.25, -0.2) is 0 Å². The summed E-state index contributed by atoms with van der Waals surface area (Å²) in [6.45, 7) is 0. The minimum absolute atomic E-state index is 0.310. The predicted molar refractivity (Wildman–Crippen MR) is 97.8 cm³/mol. The lowest BCUT2D eigenvalue weighted by Gasteiger charge is -2.15. The molecular weight excluding hydrogens is 326 g/mol. The second kappa shape index (κ2) is 9.12. The van der Waals surface area contributed by atoms with Gasteiger partial charge < -0.3 is 14.8 Å². The fourth-order valence-corrected chi connectivity index (χ4v) is 2.88. The molecule has 0 radical (unpaired) electrons. The summed E-state index contributed by atoms with van der Waals surface area (Å²) in [5.41, 5.74) is 6.00. The van der Waals surface area contributed by atoms with Gasteiger partial charge in [-0.2, -0.15) is 0 Å². The molecule has 0 aliphatic heterocycles. The molecule has 0 bridgehead atoms. The number of hydrogen-bond donors (Lipinski definition) is 3. The monoisotopic (exact) mass is 349 g/mol. The smallest absolute Gasteiger partial charge is 0.262 e. The largest absolute Gasteiger partial charge is 0.493 e. The molecule has 0 unspecified atom stereocenters. The van der Waals surface area contributed by atoms with Crippen molar-refractivity contribution in [1.29, 1.82) is 0 Å². The molecule has 24 heavy (non-hydrogen) atoms. The SMILES string of the molecule is COc1cccc(/C=C/C(=O)NNC(=S)NC2CCCC2)c1OC. The molecule has 3 N–H and O–H groups in total. The Morgan fingerprint density at radius 3 is 2.62 bits per heavy atom. The fraction of sp³-hybridized carbons (Fsp3) is 0.412. The van der Waals surface area contributed by atoms with Gasteiger partial charge in [-0.3, -0.25) is 15.6 Å². The number of carbonyl (C=O) groups is 1. The van der Waals surface area contributed by atoms with Crippen molar-refractivity contribution < 1.29 is 14.3 Å². The van der Waals surface area contributed by atoms with Crippen LogP contribution in [0.25, 0.3) is 6.08 Å². The number of benzene rings is 1. The highest BCUT2D eigenvalue weighted by Crippen LogP contribution is 2.31. The Bertz CT molecular complexity index is 613. The maximum absolute atomic E-state index is 11.9. The van der Waals surface area contributed by atoms with Crippen LogP contribution in [0.15, 0.2) is 24.3 Å². The number of hydrogen-bond acceptors (Lipinski definition) is 4. The number of thiocarbonyl (C=S) groups is 1. The molecule has 1 aromatic carbocycles. The van der Waals surface area contributed by atoms with Crippen molar-refractivity contribution in [2.75, 3.05) is 14.2 Å². The molecule has 0 atom stereocenters. The molecule has 1 saturated carbocycles. The molecule has 0 heterocycles. The molecule has 130 valence electrons. The zero-order chi connectivity index (χ0) is 17.4. The van der Waals surface area contributed by atoms with Crippen molar-refractivity contribution in [3.05, 3.63) is 29.8 Å². The molecular formula is C17H23N3O3S. The van der Waals surface area contributed by atoms with Crippen molar-refractivity contribution in [3.8, 4) is 11.5 Å². The second-order valence-electron chi connectivity index (χ2n) is 5.49. The standard InChI is InChI=1S/C17H23N3O3S/c1-22-14-9-5-6-12(16(14)23-2)10-11-15(21)19-20-17(24)18-13-7-3-4-8-13/h5-6,9-11,13H,3-4,7-8H2,1-2H3,(H,19,21)(H2,18,20,24)/b11-10+. The van der Waals surface area contributed by atoms with E-state index in [1.807, 2.05) is 12.1 Å². The van der Waals surface area contributed by atoms with Crippen LogP contribution < -0.4 is 25.6 Å². The van der Waals surface area contributed by atoms with Gasteiger partial charge in [-0.1, -0.05) is 25.0 Å². The maximum Gasteiger partial charge on any atom is 0.262 e. The number of nitrogens with one attached hydrogen (secondary N) is 3. The number of para-hydroxylation sites is 1. The predicted octanol–water partition coefficient (Wildman–Crippen LogP) is 2.15. The van der Waals surface area contributed by atoms with Crippen LogP contribution >= 0.6 is 12.2 Å². The van der Waals surface area contributed by atoms with E-state index in [1.54, 1.807) is 26.4 Å². The Kier molecular flexibility index (Phi) is 6.87. The summed E-state index contributed by atoms with van der Waals surface area (Å²) in [6, 6.07) is 5.87. The van der Waals surface area contributed by atoms with Crippen LogP contribution in [-0.2, 0) is 4.79 Å². The topological polar surface area (TPSA) is 71.6 Å². The third-order valence-corrected chi connectivity index (χ3v) is 4.06. The Balaban J connectivity index is 1.85. The van der Waals surface area contributed by atoms with Gasteiger partial charge in [-0.15, -0.1) is 0 Å². The molecule has 0 aromatic heterocycles. The summed E-state index contributed by atoms with van der Waals surface area (Å²) in [7, 11) is 3.13. The number of rotatable bonds is 5. The van der Waals surface area contributed by atoms with E-state index in [0.29, 0.717) is 22.7 Å². The van der Waals surface area contributed by atoms with E-state index in [-0.39, 0.29) is 5.91 Å². The highest BCUT2D eigenvalue weighted by molar-refractivity contribution is 7.80. The van der Waals surface area contributed by atoms with Crippen LogP contribution in [0.5, 0.6) is 11.5 Å². The van der Waals surface area contributed by atoms with Crippen LogP contribution in [0.4, 0.5) is 0 Å². The lowest BCUT2D eigenvalue weighted by molar-refractivity contribution is -0.116. The molecule has 7 heteroatoms. The van der Waals surface area contributed by atoms with Crippen LogP contribution in [0, 0.1) is 0 Å². The zero-order valence-electron chi connectivity index (χ0n) is 13.9. The van der Waals surface area contributed by atoms with E-state index in [9.17, 15) is 4.79 Å². The lowest BCUT2D eigenvalue weighted by Crippen LogP contribution is -2.48. The van der Waals surface area contributed by atoms with E-state index in [4.69, 9.17) is 21.7 Å². The van der Waals surface area contributed by atoms with E-state index in [1.165, 1.54) is 18.9 Å². The van der Waals surface area contributed by atoms with Crippen molar-refractivity contribution in [2.45, 2.75) is 31.7 Å². The number of amides is 1. The Labute approximate surface area is 147 Å². The van der Waals surface area contributed by atoms with Crippen molar-refractivity contribution >= 4 is 29.3 Å². The lowest BCUT2D eigenvalue weighted by atomic mass is 10.1. The summed E-state index contributed by atoms with van der Waals surface area (Å²) >= 11 is 5.16. The summed E-state index contributed by atoms with van der Waals surface area (Å²) in [5.74, 6) is 0.881. The van der Waals surface area contributed by atoms with E-state index >= 15 is 0 Å². The van der Waals surface area contributed by atoms with E-state index in [0.717, 1.165) is 18.4 Å². The van der Waals surface area contributed by atoms with Crippen LogP contribution in [-0.4, -0.2) is 31.3 Å². The molecule has 1 aromatic rings. The summed E-state index contributed by atoms with van der Waals surface area (Å²) in [5, 5.41) is 3.62. The number of hydrazine groups is 1. The molecule has 0 saturated heterocycles. The Hall–Kier alpha value is -2.28. The van der Waals surface area contributed by atoms with Gasteiger partial charge in [0.2, 0.25) is 0 Å². The van der Waals surface area contributed by atoms with Gasteiger partial charge in [0.25, 0.3) is 5.91 Å². The highest BCUT2D eigenvalue weighted by Gasteiger charge is 2.15. The molecule has 0 spiro atoms. The van der Waals surface area contributed by atoms with Gasteiger partial charge in [0, 0.05) is 17.7 Å². The number of methoxy groups -OCH3 is 2. The molecule has 6 nitrogen and oxygen atoms in total. The second-order valence-corrected chi connectivity index (χ2v) is 5.89. The van der Waals surface area contributed by atoms with Crippen LogP contribution in [0.1, 0.15) is 31.2 Å².